The first-order valence-corrected chi connectivity index (χ1v) is 12.6. The van der Waals surface area contributed by atoms with Crippen molar-refractivity contribution in [1.29, 1.82) is 0 Å². The summed E-state index contributed by atoms with van der Waals surface area (Å²) < 4.78 is 17.4. The van der Waals surface area contributed by atoms with Crippen LogP contribution in [0.5, 0.6) is 11.5 Å². The number of unbranched alkanes of at least 4 members (excludes halogenated alkanes) is 8. The molecule has 0 aliphatic carbocycles. The van der Waals surface area contributed by atoms with Crippen LogP contribution in [0.25, 0.3) is 22.1 Å². The Morgan fingerprint density at radius 1 is 0.697 bits per heavy atom. The molecule has 178 valence electrons. The van der Waals surface area contributed by atoms with E-state index < -0.39 is 0 Å². The Morgan fingerprint density at radius 2 is 1.30 bits per heavy atom. The highest BCUT2D eigenvalue weighted by molar-refractivity contribution is 5.82. The van der Waals surface area contributed by atoms with E-state index in [-0.39, 0.29) is 5.43 Å². The molecule has 1 aromatic heterocycles. The van der Waals surface area contributed by atoms with Crippen LogP contribution in [0.4, 0.5) is 0 Å². The van der Waals surface area contributed by atoms with Gasteiger partial charge in [0.05, 0.1) is 24.2 Å². The number of benzene rings is 2. The Labute approximate surface area is 197 Å². The van der Waals surface area contributed by atoms with Crippen LogP contribution in [0, 0.1) is 0 Å². The summed E-state index contributed by atoms with van der Waals surface area (Å²) in [5.74, 6) is 1.56. The van der Waals surface area contributed by atoms with Gasteiger partial charge in [-0.25, -0.2) is 0 Å². The van der Waals surface area contributed by atoms with E-state index in [0.717, 1.165) is 42.9 Å². The van der Waals surface area contributed by atoms with E-state index in [9.17, 15) is 4.79 Å². The number of ether oxygens (including phenoxy) is 2. The van der Waals surface area contributed by atoms with E-state index in [0.29, 0.717) is 23.1 Å². The molecule has 0 amide bonds. The lowest BCUT2D eigenvalue weighted by Crippen LogP contribution is -2.05. The minimum atomic E-state index is -0.0380. The van der Waals surface area contributed by atoms with Gasteiger partial charge < -0.3 is 13.9 Å². The Balaban J connectivity index is 1.52. The summed E-state index contributed by atoms with van der Waals surface area (Å²) in [6.07, 6.45) is 13.9. The molecule has 3 rings (SSSR count). The Bertz CT molecular complexity index is 1020. The third kappa shape index (κ3) is 7.66. The van der Waals surface area contributed by atoms with Gasteiger partial charge in [0.25, 0.3) is 0 Å². The van der Waals surface area contributed by atoms with Crippen molar-refractivity contribution in [3.05, 3.63) is 59.0 Å². The second-order valence-electron chi connectivity index (χ2n) is 8.69. The van der Waals surface area contributed by atoms with Gasteiger partial charge in [0.2, 0.25) is 0 Å². The molecule has 2 aromatic carbocycles. The predicted molar refractivity (Wildman–Crippen MR) is 136 cm³/mol. The summed E-state index contributed by atoms with van der Waals surface area (Å²) in [5, 5.41) is 0.561. The Kier molecular flexibility index (Phi) is 10.3. The number of rotatable bonds is 15. The molecule has 0 unspecified atom stereocenters. The van der Waals surface area contributed by atoms with E-state index in [1.807, 2.05) is 30.3 Å². The highest BCUT2D eigenvalue weighted by Gasteiger charge is 2.10. The molecule has 0 aliphatic rings. The second-order valence-corrected chi connectivity index (χ2v) is 8.69. The molecule has 0 fully saturated rings. The zero-order valence-corrected chi connectivity index (χ0v) is 20.2. The van der Waals surface area contributed by atoms with Crippen molar-refractivity contribution in [3.63, 3.8) is 0 Å². The van der Waals surface area contributed by atoms with Gasteiger partial charge in [-0.3, -0.25) is 4.79 Å². The van der Waals surface area contributed by atoms with E-state index in [2.05, 4.69) is 13.8 Å². The fourth-order valence-electron chi connectivity index (χ4n) is 3.89. The molecule has 0 atom stereocenters. The average Bonchev–Trinajstić information content (AvgIpc) is 2.84. The highest BCUT2D eigenvalue weighted by atomic mass is 16.5. The molecule has 3 aromatic rings. The minimum Gasteiger partial charge on any atom is -0.494 e. The zero-order valence-electron chi connectivity index (χ0n) is 20.2. The number of hydrogen-bond donors (Lipinski definition) is 0. The molecular formula is C29H38O4. The standard InChI is InChI=1S/C29H38O4/c1-3-5-7-8-9-10-11-12-20-31-24-15-13-23(14-16-24)27-22-33-28-21-25(32-19-6-4-2)17-18-26(28)29(27)30/h13-18,21-22H,3-12,19-20H2,1-2H3. The lowest BCUT2D eigenvalue weighted by molar-refractivity contribution is 0.304. The number of fused-ring (bicyclic) bond motifs is 1. The molecule has 0 saturated carbocycles. The van der Waals surface area contributed by atoms with Gasteiger partial charge >= 0.3 is 0 Å². The fraction of sp³-hybridized carbons (Fsp3) is 0.483. The molecular weight excluding hydrogens is 412 g/mol. The number of hydrogen-bond acceptors (Lipinski definition) is 4. The van der Waals surface area contributed by atoms with Crippen LogP contribution in [0.1, 0.15) is 78.1 Å². The lowest BCUT2D eigenvalue weighted by atomic mass is 10.1. The van der Waals surface area contributed by atoms with Crippen molar-refractivity contribution in [2.45, 2.75) is 78.1 Å². The normalized spacial score (nSPS) is 11.1. The second kappa shape index (κ2) is 13.7. The van der Waals surface area contributed by atoms with Gasteiger partial charge in [-0.1, -0.05) is 77.3 Å². The molecule has 0 saturated heterocycles. The summed E-state index contributed by atoms with van der Waals surface area (Å²) in [4.78, 5) is 13.0. The predicted octanol–water partition coefficient (Wildman–Crippen LogP) is 8.16. The smallest absolute Gasteiger partial charge is 0.200 e. The van der Waals surface area contributed by atoms with E-state index in [1.54, 1.807) is 12.1 Å². The van der Waals surface area contributed by atoms with Gasteiger partial charge in [0.15, 0.2) is 5.43 Å². The van der Waals surface area contributed by atoms with Crippen molar-refractivity contribution in [1.82, 2.24) is 0 Å². The minimum absolute atomic E-state index is 0.0380. The summed E-state index contributed by atoms with van der Waals surface area (Å²) >= 11 is 0. The van der Waals surface area contributed by atoms with Crippen LogP contribution < -0.4 is 14.9 Å². The molecule has 0 bridgehead atoms. The molecule has 1 heterocycles. The van der Waals surface area contributed by atoms with Crippen LogP contribution in [0.2, 0.25) is 0 Å². The SMILES string of the molecule is CCCCCCCCCCOc1ccc(-c2coc3cc(OCCCC)ccc3c2=O)cc1. The van der Waals surface area contributed by atoms with Gasteiger partial charge in [-0.15, -0.1) is 0 Å². The Morgan fingerprint density at radius 3 is 2.03 bits per heavy atom. The maximum absolute atomic E-state index is 13.0. The summed E-state index contributed by atoms with van der Waals surface area (Å²) in [7, 11) is 0. The van der Waals surface area contributed by atoms with Crippen molar-refractivity contribution < 1.29 is 13.9 Å². The molecule has 33 heavy (non-hydrogen) atoms. The van der Waals surface area contributed by atoms with Crippen molar-refractivity contribution in [2.75, 3.05) is 13.2 Å². The first-order valence-electron chi connectivity index (χ1n) is 12.6. The molecule has 0 spiro atoms. The summed E-state index contributed by atoms with van der Waals surface area (Å²) in [6.45, 7) is 5.77. The third-order valence-corrected chi connectivity index (χ3v) is 5.94. The molecule has 0 N–H and O–H groups in total. The van der Waals surface area contributed by atoms with Gasteiger partial charge in [0, 0.05) is 6.07 Å². The topological polar surface area (TPSA) is 48.7 Å². The monoisotopic (exact) mass is 450 g/mol. The maximum Gasteiger partial charge on any atom is 0.200 e. The molecule has 0 aliphatic heterocycles. The maximum atomic E-state index is 13.0. The molecule has 0 radical (unpaired) electrons. The van der Waals surface area contributed by atoms with Crippen LogP contribution in [-0.2, 0) is 0 Å². The van der Waals surface area contributed by atoms with E-state index >= 15 is 0 Å². The van der Waals surface area contributed by atoms with Gasteiger partial charge in [-0.05, 0) is 42.7 Å². The van der Waals surface area contributed by atoms with Crippen molar-refractivity contribution in [3.8, 4) is 22.6 Å². The lowest BCUT2D eigenvalue weighted by Gasteiger charge is -2.08. The van der Waals surface area contributed by atoms with E-state index in [4.69, 9.17) is 13.9 Å². The fourth-order valence-corrected chi connectivity index (χ4v) is 3.89. The van der Waals surface area contributed by atoms with Crippen molar-refractivity contribution >= 4 is 11.0 Å². The van der Waals surface area contributed by atoms with Crippen LogP contribution in [0.3, 0.4) is 0 Å². The quantitative estimate of drug-likeness (QED) is 0.219. The van der Waals surface area contributed by atoms with Crippen molar-refractivity contribution in [2.24, 2.45) is 0 Å². The average molecular weight is 451 g/mol. The third-order valence-electron chi connectivity index (χ3n) is 5.94. The summed E-state index contributed by atoms with van der Waals surface area (Å²) in [6, 6.07) is 13.1. The van der Waals surface area contributed by atoms with Crippen LogP contribution >= 0.6 is 0 Å². The molecule has 4 nitrogen and oxygen atoms in total. The largest absolute Gasteiger partial charge is 0.494 e. The molecule has 4 heteroatoms. The summed E-state index contributed by atoms with van der Waals surface area (Å²) in [5.41, 5.74) is 1.89. The zero-order chi connectivity index (χ0) is 23.3. The highest BCUT2D eigenvalue weighted by Crippen LogP contribution is 2.25. The van der Waals surface area contributed by atoms with Crippen LogP contribution in [-0.4, -0.2) is 13.2 Å². The van der Waals surface area contributed by atoms with Gasteiger partial charge in [0.1, 0.15) is 23.3 Å². The van der Waals surface area contributed by atoms with Gasteiger partial charge in [-0.2, -0.15) is 0 Å². The first-order chi connectivity index (χ1) is 16.2. The van der Waals surface area contributed by atoms with E-state index in [1.165, 1.54) is 51.2 Å². The Hall–Kier alpha value is -2.75. The first kappa shape index (κ1) is 24.9. The van der Waals surface area contributed by atoms with Crippen LogP contribution in [0.15, 0.2) is 57.9 Å².